The quantitative estimate of drug-likeness (QED) is 0.303. The van der Waals surface area contributed by atoms with Crippen molar-refractivity contribution in [2.75, 3.05) is 33.7 Å². The highest BCUT2D eigenvalue weighted by molar-refractivity contribution is 14.0. The average Bonchev–Trinajstić information content (AvgIpc) is 2.61. The molecule has 7 nitrogen and oxygen atoms in total. The SMILES string of the molecule is CCCNC(=O)c1cccc(CN=C(NCC)NCC(=O)N(C)C)c1.I. The molecule has 0 aliphatic carbocycles. The molecule has 3 N–H and O–H groups in total. The van der Waals surface area contributed by atoms with E-state index < -0.39 is 0 Å². The highest BCUT2D eigenvalue weighted by atomic mass is 127. The molecule has 0 saturated carbocycles. The third-order valence-corrected chi connectivity index (χ3v) is 3.39. The van der Waals surface area contributed by atoms with Gasteiger partial charge in [-0.25, -0.2) is 4.99 Å². The van der Waals surface area contributed by atoms with Gasteiger partial charge < -0.3 is 20.9 Å². The molecule has 146 valence electrons. The van der Waals surface area contributed by atoms with E-state index in [0.29, 0.717) is 31.2 Å². The summed E-state index contributed by atoms with van der Waals surface area (Å²) in [4.78, 5) is 29.7. The summed E-state index contributed by atoms with van der Waals surface area (Å²) in [5.74, 6) is 0.466. The number of hydrogen-bond donors (Lipinski definition) is 3. The minimum atomic E-state index is -0.0747. The summed E-state index contributed by atoms with van der Waals surface area (Å²) in [6.45, 7) is 5.93. The van der Waals surface area contributed by atoms with E-state index in [9.17, 15) is 9.59 Å². The zero-order chi connectivity index (χ0) is 18.7. The van der Waals surface area contributed by atoms with E-state index in [0.717, 1.165) is 12.0 Å². The first-order valence-corrected chi connectivity index (χ1v) is 8.57. The van der Waals surface area contributed by atoms with Crippen LogP contribution in [-0.2, 0) is 11.3 Å². The number of rotatable bonds is 8. The fourth-order valence-electron chi connectivity index (χ4n) is 1.98. The van der Waals surface area contributed by atoms with Crippen molar-refractivity contribution in [3.63, 3.8) is 0 Å². The first-order valence-electron chi connectivity index (χ1n) is 8.57. The van der Waals surface area contributed by atoms with Crippen LogP contribution in [0.1, 0.15) is 36.2 Å². The number of nitrogens with zero attached hydrogens (tertiary/aromatic N) is 2. The number of carbonyl (C=O) groups is 2. The van der Waals surface area contributed by atoms with Crippen molar-refractivity contribution < 1.29 is 9.59 Å². The summed E-state index contributed by atoms with van der Waals surface area (Å²) in [7, 11) is 3.42. The van der Waals surface area contributed by atoms with Crippen molar-refractivity contribution in [2.24, 2.45) is 4.99 Å². The lowest BCUT2D eigenvalue weighted by atomic mass is 10.1. The van der Waals surface area contributed by atoms with Crippen LogP contribution in [0.5, 0.6) is 0 Å². The molecule has 1 rings (SSSR count). The fourth-order valence-corrected chi connectivity index (χ4v) is 1.98. The van der Waals surface area contributed by atoms with E-state index >= 15 is 0 Å². The van der Waals surface area contributed by atoms with Crippen LogP contribution in [-0.4, -0.2) is 56.4 Å². The Bertz CT molecular complexity index is 605. The number of nitrogens with one attached hydrogen (secondary N) is 3. The Hall–Kier alpha value is -1.84. The zero-order valence-corrected chi connectivity index (χ0v) is 18.3. The van der Waals surface area contributed by atoms with Gasteiger partial charge in [-0.05, 0) is 31.0 Å². The van der Waals surface area contributed by atoms with Gasteiger partial charge >= 0.3 is 0 Å². The molecular weight excluding hydrogens is 445 g/mol. The van der Waals surface area contributed by atoms with Gasteiger partial charge in [-0.1, -0.05) is 19.1 Å². The molecule has 26 heavy (non-hydrogen) atoms. The molecule has 0 spiro atoms. The molecule has 1 aromatic carbocycles. The topological polar surface area (TPSA) is 85.8 Å². The number of guanidine groups is 1. The van der Waals surface area contributed by atoms with Gasteiger partial charge in [0.15, 0.2) is 5.96 Å². The van der Waals surface area contributed by atoms with Crippen LogP contribution in [0.25, 0.3) is 0 Å². The Morgan fingerprint density at radius 3 is 2.46 bits per heavy atom. The summed E-state index contributed by atoms with van der Waals surface area (Å²) in [6.07, 6.45) is 0.902. The predicted octanol–water partition coefficient (Wildman–Crippen LogP) is 1.59. The molecule has 0 radical (unpaired) electrons. The van der Waals surface area contributed by atoms with Crippen molar-refractivity contribution in [1.29, 1.82) is 0 Å². The van der Waals surface area contributed by atoms with Gasteiger partial charge in [0.1, 0.15) is 0 Å². The molecule has 1 aromatic rings. The Morgan fingerprint density at radius 1 is 1.12 bits per heavy atom. The monoisotopic (exact) mass is 475 g/mol. The lowest BCUT2D eigenvalue weighted by molar-refractivity contribution is -0.127. The summed E-state index contributed by atoms with van der Waals surface area (Å²) < 4.78 is 0. The fraction of sp³-hybridized carbons (Fsp3) is 0.500. The molecular formula is C18H30IN5O2. The minimum absolute atomic E-state index is 0. The molecule has 2 amide bonds. The summed E-state index contributed by atoms with van der Waals surface area (Å²) in [5.41, 5.74) is 1.56. The molecule has 0 atom stereocenters. The van der Waals surface area contributed by atoms with Crippen LogP contribution in [0.3, 0.4) is 0 Å². The Kier molecular flexibility index (Phi) is 12.4. The second-order valence-corrected chi connectivity index (χ2v) is 5.79. The molecule has 0 aliphatic rings. The van der Waals surface area contributed by atoms with Crippen molar-refractivity contribution in [2.45, 2.75) is 26.8 Å². The van der Waals surface area contributed by atoms with Crippen molar-refractivity contribution >= 4 is 41.8 Å². The molecule has 0 unspecified atom stereocenters. The Morgan fingerprint density at radius 2 is 1.85 bits per heavy atom. The smallest absolute Gasteiger partial charge is 0.251 e. The lowest BCUT2D eigenvalue weighted by Crippen LogP contribution is -2.42. The van der Waals surface area contributed by atoms with Gasteiger partial charge in [0.2, 0.25) is 5.91 Å². The number of amides is 2. The van der Waals surface area contributed by atoms with Gasteiger partial charge in [-0.3, -0.25) is 9.59 Å². The maximum Gasteiger partial charge on any atom is 0.251 e. The van der Waals surface area contributed by atoms with Crippen LogP contribution >= 0.6 is 24.0 Å². The van der Waals surface area contributed by atoms with E-state index in [1.165, 1.54) is 4.90 Å². The zero-order valence-electron chi connectivity index (χ0n) is 16.0. The Balaban J connectivity index is 0.00000625. The standard InChI is InChI=1S/C18H29N5O2.HI/c1-5-10-20-17(25)15-9-7-8-14(11-15)12-21-18(19-6-2)22-13-16(24)23(3)4;/h7-9,11H,5-6,10,12-13H2,1-4H3,(H,20,25)(H2,19,21,22);1H. The summed E-state index contributed by atoms with van der Waals surface area (Å²) >= 11 is 0. The van der Waals surface area contributed by atoms with Gasteiger partial charge in [-0.2, -0.15) is 0 Å². The number of benzene rings is 1. The second-order valence-electron chi connectivity index (χ2n) is 5.79. The van der Waals surface area contributed by atoms with Crippen LogP contribution in [0.2, 0.25) is 0 Å². The third kappa shape index (κ3) is 9.02. The van der Waals surface area contributed by atoms with Crippen LogP contribution in [0, 0.1) is 0 Å². The van der Waals surface area contributed by atoms with E-state index in [4.69, 9.17) is 0 Å². The second kappa shape index (κ2) is 13.4. The van der Waals surface area contributed by atoms with Gasteiger partial charge in [-0.15, -0.1) is 24.0 Å². The van der Waals surface area contributed by atoms with Crippen LogP contribution in [0.15, 0.2) is 29.3 Å². The first-order chi connectivity index (χ1) is 12.0. The number of aliphatic imine (C=N–C) groups is 1. The molecule has 0 aromatic heterocycles. The van der Waals surface area contributed by atoms with E-state index in [1.807, 2.05) is 32.0 Å². The molecule has 0 bridgehead atoms. The third-order valence-electron chi connectivity index (χ3n) is 3.39. The molecule has 0 fully saturated rings. The van der Waals surface area contributed by atoms with Crippen molar-refractivity contribution in [3.8, 4) is 0 Å². The normalized spacial score (nSPS) is 10.5. The molecule has 0 heterocycles. The first kappa shape index (κ1) is 24.2. The number of likely N-dealkylation sites (N-methyl/N-ethyl adjacent to an activating group) is 1. The van der Waals surface area contributed by atoms with E-state index in [-0.39, 0.29) is 42.3 Å². The largest absolute Gasteiger partial charge is 0.357 e. The highest BCUT2D eigenvalue weighted by Crippen LogP contribution is 2.07. The predicted molar refractivity (Wildman–Crippen MR) is 116 cm³/mol. The average molecular weight is 475 g/mol. The van der Waals surface area contributed by atoms with Crippen molar-refractivity contribution in [1.82, 2.24) is 20.9 Å². The maximum atomic E-state index is 12.0. The van der Waals surface area contributed by atoms with Gasteiger partial charge in [0, 0.05) is 32.7 Å². The van der Waals surface area contributed by atoms with Crippen LogP contribution < -0.4 is 16.0 Å². The number of hydrogen-bond acceptors (Lipinski definition) is 3. The molecule has 8 heteroatoms. The Labute approximate surface area is 173 Å². The van der Waals surface area contributed by atoms with Crippen molar-refractivity contribution in [3.05, 3.63) is 35.4 Å². The minimum Gasteiger partial charge on any atom is -0.357 e. The van der Waals surface area contributed by atoms with Gasteiger partial charge in [0.05, 0.1) is 13.1 Å². The van der Waals surface area contributed by atoms with E-state index in [1.54, 1.807) is 20.2 Å². The van der Waals surface area contributed by atoms with Crippen LogP contribution in [0.4, 0.5) is 0 Å². The highest BCUT2D eigenvalue weighted by Gasteiger charge is 2.07. The molecule has 0 aliphatic heterocycles. The summed E-state index contributed by atoms with van der Waals surface area (Å²) in [5, 5.41) is 8.97. The maximum absolute atomic E-state index is 12.0. The number of halogens is 1. The lowest BCUT2D eigenvalue weighted by Gasteiger charge is -2.14. The van der Waals surface area contributed by atoms with E-state index in [2.05, 4.69) is 20.9 Å². The van der Waals surface area contributed by atoms with Gasteiger partial charge in [0.25, 0.3) is 5.91 Å². The summed E-state index contributed by atoms with van der Waals surface area (Å²) in [6, 6.07) is 7.40. The molecule has 0 saturated heterocycles. The number of carbonyl (C=O) groups excluding carboxylic acids is 2.